The number of aromatic nitrogens is 3. The summed E-state index contributed by atoms with van der Waals surface area (Å²) in [6.07, 6.45) is -0.0601. The van der Waals surface area contributed by atoms with Gasteiger partial charge in [0.05, 0.1) is 5.69 Å². The molecule has 23 heavy (non-hydrogen) atoms. The van der Waals surface area contributed by atoms with Gasteiger partial charge in [0.25, 0.3) is 0 Å². The predicted molar refractivity (Wildman–Crippen MR) is 89.5 cm³/mol. The Kier molecular flexibility index (Phi) is 4.47. The van der Waals surface area contributed by atoms with Gasteiger partial charge in [0.1, 0.15) is 0 Å². The molecule has 0 saturated heterocycles. The van der Waals surface area contributed by atoms with Crippen molar-refractivity contribution in [2.75, 3.05) is 10.7 Å². The second-order valence-electron chi connectivity index (χ2n) is 5.03. The predicted octanol–water partition coefficient (Wildman–Crippen LogP) is 3.13. The Labute approximate surface area is 139 Å². The monoisotopic (exact) mass is 330 g/mol. The number of benzene rings is 1. The third kappa shape index (κ3) is 2.88. The number of para-hydroxylation sites is 1. The summed E-state index contributed by atoms with van der Waals surface area (Å²) in [4.78, 5) is 18.5. The van der Waals surface area contributed by atoms with Gasteiger partial charge in [-0.1, -0.05) is 43.8 Å². The molecule has 1 unspecified atom stereocenters. The molecule has 6 nitrogen and oxygen atoms in total. The molecule has 0 N–H and O–H groups in total. The average Bonchev–Trinajstić information content (AvgIpc) is 2.67. The molecule has 1 aliphatic rings. The molecule has 0 spiro atoms. The number of carbonyl (C=O) groups excluding carboxylic acids is 1. The van der Waals surface area contributed by atoms with Gasteiger partial charge in [0.2, 0.25) is 16.9 Å². The summed E-state index contributed by atoms with van der Waals surface area (Å²) in [6.45, 7) is 5.71. The zero-order valence-corrected chi connectivity index (χ0v) is 14.1. The van der Waals surface area contributed by atoms with E-state index in [1.807, 2.05) is 45.0 Å². The molecule has 3 rings (SSSR count). The van der Waals surface area contributed by atoms with Gasteiger partial charge in [-0.2, -0.15) is 4.98 Å². The van der Waals surface area contributed by atoms with Crippen LogP contribution in [0.25, 0.3) is 11.3 Å². The summed E-state index contributed by atoms with van der Waals surface area (Å²) in [6, 6.07) is 7.61. The van der Waals surface area contributed by atoms with Gasteiger partial charge in [-0.25, -0.2) is 0 Å². The number of fused-ring (bicyclic) bond motifs is 3. The van der Waals surface area contributed by atoms with E-state index in [2.05, 4.69) is 15.2 Å². The minimum Gasteiger partial charge on any atom is -0.452 e. The molecule has 1 aromatic heterocycles. The van der Waals surface area contributed by atoms with Crippen LogP contribution in [0.2, 0.25) is 0 Å². The summed E-state index contributed by atoms with van der Waals surface area (Å²) >= 11 is 1.50. The SMILES string of the molecule is CCSc1nnc2c(n1)OC(C)N(C(=O)CC)c1ccccc1-2. The number of anilines is 1. The lowest BCUT2D eigenvalue weighted by Gasteiger charge is -2.27. The van der Waals surface area contributed by atoms with Crippen LogP contribution in [0.5, 0.6) is 5.88 Å². The Balaban J connectivity index is 2.16. The van der Waals surface area contributed by atoms with Gasteiger partial charge in [0.15, 0.2) is 11.9 Å². The fourth-order valence-corrected chi connectivity index (χ4v) is 3.04. The quantitative estimate of drug-likeness (QED) is 0.805. The van der Waals surface area contributed by atoms with E-state index in [4.69, 9.17) is 4.74 Å². The van der Waals surface area contributed by atoms with Crippen molar-refractivity contribution < 1.29 is 9.53 Å². The first kappa shape index (κ1) is 15.7. The molecule has 0 fully saturated rings. The lowest BCUT2D eigenvalue weighted by Crippen LogP contribution is -2.41. The summed E-state index contributed by atoms with van der Waals surface area (Å²) in [5, 5.41) is 9.03. The highest BCUT2D eigenvalue weighted by Gasteiger charge is 2.31. The summed E-state index contributed by atoms with van der Waals surface area (Å²) in [5.41, 5.74) is 2.15. The first-order chi connectivity index (χ1) is 11.2. The molecule has 0 bridgehead atoms. The molecule has 1 aromatic carbocycles. The van der Waals surface area contributed by atoms with Crippen LogP contribution >= 0.6 is 11.8 Å². The van der Waals surface area contributed by atoms with Crippen molar-refractivity contribution in [3.63, 3.8) is 0 Å². The Morgan fingerprint density at radius 3 is 2.83 bits per heavy atom. The molecule has 2 aromatic rings. The summed E-state index contributed by atoms with van der Waals surface area (Å²) < 4.78 is 5.94. The number of thioether (sulfide) groups is 1. The number of ether oxygens (including phenoxy) is 1. The van der Waals surface area contributed by atoms with E-state index in [0.29, 0.717) is 23.2 Å². The highest BCUT2D eigenvalue weighted by molar-refractivity contribution is 7.99. The van der Waals surface area contributed by atoms with Crippen LogP contribution in [-0.4, -0.2) is 33.1 Å². The number of hydrogen-bond donors (Lipinski definition) is 0. The second kappa shape index (κ2) is 6.54. The van der Waals surface area contributed by atoms with E-state index >= 15 is 0 Å². The van der Waals surface area contributed by atoms with E-state index in [-0.39, 0.29) is 5.91 Å². The maximum atomic E-state index is 12.4. The zero-order valence-electron chi connectivity index (χ0n) is 13.3. The fraction of sp³-hybridized carbons (Fsp3) is 0.375. The minimum atomic E-state index is -0.457. The maximum absolute atomic E-state index is 12.4. The zero-order chi connectivity index (χ0) is 16.4. The van der Waals surface area contributed by atoms with Crippen LogP contribution in [0.3, 0.4) is 0 Å². The first-order valence-electron chi connectivity index (χ1n) is 7.61. The Bertz CT molecular complexity index is 738. The van der Waals surface area contributed by atoms with Crippen LogP contribution in [0.1, 0.15) is 27.2 Å². The molecular formula is C16H18N4O2S. The largest absolute Gasteiger partial charge is 0.452 e. The van der Waals surface area contributed by atoms with Crippen LogP contribution in [0.15, 0.2) is 29.4 Å². The number of nitrogens with zero attached hydrogens (tertiary/aromatic N) is 4. The number of rotatable bonds is 3. The van der Waals surface area contributed by atoms with Gasteiger partial charge >= 0.3 is 0 Å². The molecule has 1 atom stereocenters. The number of carbonyl (C=O) groups is 1. The topological polar surface area (TPSA) is 68.2 Å². The Morgan fingerprint density at radius 2 is 2.09 bits per heavy atom. The van der Waals surface area contributed by atoms with Crippen LogP contribution in [-0.2, 0) is 4.79 Å². The highest BCUT2D eigenvalue weighted by atomic mass is 32.2. The van der Waals surface area contributed by atoms with Crippen molar-refractivity contribution in [3.8, 4) is 17.1 Å². The van der Waals surface area contributed by atoms with E-state index < -0.39 is 6.23 Å². The first-order valence-corrected chi connectivity index (χ1v) is 8.59. The molecule has 120 valence electrons. The van der Waals surface area contributed by atoms with Gasteiger partial charge in [-0.05, 0) is 18.7 Å². The lowest BCUT2D eigenvalue weighted by atomic mass is 10.1. The molecule has 1 amide bonds. The van der Waals surface area contributed by atoms with E-state index in [9.17, 15) is 4.79 Å². The Hall–Kier alpha value is -2.15. The van der Waals surface area contributed by atoms with Crippen molar-refractivity contribution in [1.29, 1.82) is 0 Å². The molecule has 7 heteroatoms. The van der Waals surface area contributed by atoms with Crippen molar-refractivity contribution in [2.45, 2.75) is 38.6 Å². The maximum Gasteiger partial charge on any atom is 0.247 e. The third-order valence-corrected chi connectivity index (χ3v) is 4.26. The molecule has 0 saturated carbocycles. The highest BCUT2D eigenvalue weighted by Crippen LogP contribution is 2.39. The molecule has 2 heterocycles. The van der Waals surface area contributed by atoms with Gasteiger partial charge in [0, 0.05) is 12.0 Å². The van der Waals surface area contributed by atoms with Crippen molar-refractivity contribution in [2.24, 2.45) is 0 Å². The fourth-order valence-electron chi connectivity index (χ4n) is 2.54. The Morgan fingerprint density at radius 1 is 1.30 bits per heavy atom. The van der Waals surface area contributed by atoms with Crippen LogP contribution in [0, 0.1) is 0 Å². The number of amides is 1. The average molecular weight is 330 g/mol. The molecular weight excluding hydrogens is 312 g/mol. The van der Waals surface area contributed by atoms with Gasteiger partial charge in [-0.15, -0.1) is 10.2 Å². The molecule has 0 aliphatic carbocycles. The van der Waals surface area contributed by atoms with Gasteiger partial charge < -0.3 is 4.74 Å². The normalized spacial score (nSPS) is 16.1. The van der Waals surface area contributed by atoms with Crippen molar-refractivity contribution >= 4 is 23.4 Å². The van der Waals surface area contributed by atoms with Crippen molar-refractivity contribution in [3.05, 3.63) is 24.3 Å². The van der Waals surface area contributed by atoms with Crippen molar-refractivity contribution in [1.82, 2.24) is 15.2 Å². The van der Waals surface area contributed by atoms with E-state index in [1.54, 1.807) is 4.90 Å². The standard InChI is InChI=1S/C16H18N4O2S/c1-4-13(21)20-10(3)22-15-14(11-8-6-7-9-12(11)20)18-19-16(17-15)23-5-2/h6-10H,4-5H2,1-3H3. The summed E-state index contributed by atoms with van der Waals surface area (Å²) in [5.74, 6) is 1.27. The second-order valence-corrected chi connectivity index (χ2v) is 6.26. The minimum absolute atomic E-state index is 0.00567. The number of hydrogen-bond acceptors (Lipinski definition) is 6. The summed E-state index contributed by atoms with van der Waals surface area (Å²) in [7, 11) is 0. The van der Waals surface area contributed by atoms with E-state index in [1.165, 1.54) is 11.8 Å². The van der Waals surface area contributed by atoms with Crippen LogP contribution in [0.4, 0.5) is 5.69 Å². The molecule has 0 radical (unpaired) electrons. The molecule has 1 aliphatic heterocycles. The van der Waals surface area contributed by atoms with E-state index in [0.717, 1.165) is 17.0 Å². The smallest absolute Gasteiger partial charge is 0.247 e. The van der Waals surface area contributed by atoms with Gasteiger partial charge in [-0.3, -0.25) is 9.69 Å². The lowest BCUT2D eigenvalue weighted by molar-refractivity contribution is -0.119. The van der Waals surface area contributed by atoms with Crippen LogP contribution < -0.4 is 9.64 Å². The third-order valence-electron chi connectivity index (χ3n) is 3.54.